The molecule has 1 amide bonds. The molecule has 1 saturated heterocycles. The van der Waals surface area contributed by atoms with Crippen LogP contribution in [0.1, 0.15) is 22.3 Å². The van der Waals surface area contributed by atoms with Crippen LogP contribution in [0.25, 0.3) is 0 Å². The summed E-state index contributed by atoms with van der Waals surface area (Å²) in [7, 11) is 0. The molecule has 1 aliphatic heterocycles. The van der Waals surface area contributed by atoms with Gasteiger partial charge in [0.15, 0.2) is 0 Å². The van der Waals surface area contributed by atoms with Crippen molar-refractivity contribution in [2.75, 3.05) is 13.1 Å². The zero-order valence-electron chi connectivity index (χ0n) is 9.65. The van der Waals surface area contributed by atoms with Crippen LogP contribution in [0.2, 0.25) is 0 Å². The van der Waals surface area contributed by atoms with Crippen LogP contribution in [0.5, 0.6) is 0 Å². The number of likely N-dealkylation sites (tertiary alicyclic amines) is 1. The highest BCUT2D eigenvalue weighted by atomic mass is 79.9. The zero-order chi connectivity index (χ0) is 11.7. The maximum atomic E-state index is 12.1. The van der Waals surface area contributed by atoms with E-state index in [0.717, 1.165) is 28.6 Å². The van der Waals surface area contributed by atoms with Gasteiger partial charge in [0, 0.05) is 29.2 Å². The van der Waals surface area contributed by atoms with Crippen LogP contribution < -0.4 is 5.73 Å². The number of carbonyl (C=O) groups is 1. The molecule has 1 aromatic rings. The molecule has 0 aromatic heterocycles. The summed E-state index contributed by atoms with van der Waals surface area (Å²) in [5, 5.41) is 0. The second kappa shape index (κ2) is 5.85. The summed E-state index contributed by atoms with van der Waals surface area (Å²) in [5.74, 6) is 0.0775. The molecule has 1 atom stereocenters. The first-order valence-corrected chi connectivity index (χ1v) is 6.18. The fourth-order valence-electron chi connectivity index (χ4n) is 1.88. The van der Waals surface area contributed by atoms with Gasteiger partial charge in [-0.3, -0.25) is 4.79 Å². The Balaban J connectivity index is 0.00000144. The van der Waals surface area contributed by atoms with E-state index in [-0.39, 0.29) is 24.4 Å². The van der Waals surface area contributed by atoms with Crippen LogP contribution in [0.4, 0.5) is 0 Å². The van der Waals surface area contributed by atoms with E-state index in [1.54, 1.807) is 0 Å². The van der Waals surface area contributed by atoms with Crippen molar-refractivity contribution in [3.63, 3.8) is 0 Å². The fourth-order valence-corrected chi connectivity index (χ4v) is 2.26. The second-order valence-electron chi connectivity index (χ2n) is 4.26. The second-order valence-corrected chi connectivity index (χ2v) is 5.12. The molecule has 1 aromatic carbocycles. The number of amides is 1. The van der Waals surface area contributed by atoms with Crippen molar-refractivity contribution >= 4 is 34.2 Å². The van der Waals surface area contributed by atoms with Gasteiger partial charge in [-0.25, -0.2) is 0 Å². The lowest BCUT2D eigenvalue weighted by Gasteiger charge is -2.16. The highest BCUT2D eigenvalue weighted by Gasteiger charge is 2.24. The highest BCUT2D eigenvalue weighted by Crippen LogP contribution is 2.20. The maximum Gasteiger partial charge on any atom is 0.253 e. The zero-order valence-corrected chi connectivity index (χ0v) is 12.1. The van der Waals surface area contributed by atoms with Gasteiger partial charge >= 0.3 is 0 Å². The lowest BCUT2D eigenvalue weighted by molar-refractivity contribution is 0.0791. The van der Waals surface area contributed by atoms with E-state index >= 15 is 0 Å². The van der Waals surface area contributed by atoms with Crippen LogP contribution in [-0.2, 0) is 0 Å². The molecule has 17 heavy (non-hydrogen) atoms. The smallest absolute Gasteiger partial charge is 0.253 e. The Morgan fingerprint density at radius 1 is 1.53 bits per heavy atom. The van der Waals surface area contributed by atoms with E-state index in [9.17, 15) is 4.79 Å². The van der Waals surface area contributed by atoms with E-state index in [2.05, 4.69) is 15.9 Å². The van der Waals surface area contributed by atoms with Gasteiger partial charge in [-0.05, 0) is 31.0 Å². The third kappa shape index (κ3) is 3.21. The van der Waals surface area contributed by atoms with Crippen molar-refractivity contribution in [2.45, 2.75) is 19.4 Å². The van der Waals surface area contributed by atoms with Crippen molar-refractivity contribution in [3.05, 3.63) is 33.8 Å². The van der Waals surface area contributed by atoms with Gasteiger partial charge in [0.05, 0.1) is 0 Å². The number of benzene rings is 1. The Morgan fingerprint density at radius 2 is 2.24 bits per heavy atom. The number of nitrogens with zero attached hydrogens (tertiary/aromatic N) is 1. The Hall–Kier alpha value is -0.580. The molecule has 5 heteroatoms. The molecule has 1 aliphatic rings. The number of hydrogen-bond acceptors (Lipinski definition) is 2. The van der Waals surface area contributed by atoms with Gasteiger partial charge in [0.2, 0.25) is 0 Å². The first-order chi connectivity index (χ1) is 7.58. The average Bonchev–Trinajstić information content (AvgIpc) is 2.68. The minimum Gasteiger partial charge on any atom is -0.337 e. The average molecular weight is 320 g/mol. The summed E-state index contributed by atoms with van der Waals surface area (Å²) in [5.41, 5.74) is 7.65. The van der Waals surface area contributed by atoms with Crippen molar-refractivity contribution in [2.24, 2.45) is 5.73 Å². The van der Waals surface area contributed by atoms with Crippen molar-refractivity contribution in [1.29, 1.82) is 0 Å². The largest absolute Gasteiger partial charge is 0.337 e. The molecule has 0 saturated carbocycles. The van der Waals surface area contributed by atoms with E-state index in [4.69, 9.17) is 5.73 Å². The monoisotopic (exact) mass is 318 g/mol. The predicted molar refractivity (Wildman–Crippen MR) is 74.6 cm³/mol. The van der Waals surface area contributed by atoms with E-state index in [1.807, 2.05) is 30.0 Å². The summed E-state index contributed by atoms with van der Waals surface area (Å²) >= 11 is 3.44. The Kier molecular flexibility index (Phi) is 4.98. The Bertz CT molecular complexity index is 425. The summed E-state index contributed by atoms with van der Waals surface area (Å²) in [6.45, 7) is 3.44. The highest BCUT2D eigenvalue weighted by molar-refractivity contribution is 9.10. The van der Waals surface area contributed by atoms with Gasteiger partial charge in [0.25, 0.3) is 5.91 Å². The van der Waals surface area contributed by atoms with E-state index < -0.39 is 0 Å². The van der Waals surface area contributed by atoms with Crippen LogP contribution in [0.15, 0.2) is 22.7 Å². The quantitative estimate of drug-likeness (QED) is 0.863. The molecule has 2 rings (SSSR count). The van der Waals surface area contributed by atoms with Crippen LogP contribution in [0.3, 0.4) is 0 Å². The van der Waals surface area contributed by atoms with Gasteiger partial charge in [0.1, 0.15) is 0 Å². The minimum atomic E-state index is 0. The first kappa shape index (κ1) is 14.5. The molecule has 0 unspecified atom stereocenters. The van der Waals surface area contributed by atoms with Crippen molar-refractivity contribution in [1.82, 2.24) is 4.90 Å². The van der Waals surface area contributed by atoms with E-state index in [1.165, 1.54) is 0 Å². The lowest BCUT2D eigenvalue weighted by Crippen LogP contribution is -2.31. The van der Waals surface area contributed by atoms with Gasteiger partial charge in [-0.1, -0.05) is 22.0 Å². The molecule has 94 valence electrons. The topological polar surface area (TPSA) is 46.3 Å². The Labute approximate surface area is 116 Å². The molecular formula is C12H16BrClN2O. The number of rotatable bonds is 1. The standard InChI is InChI=1S/C12H15BrN2O.ClH/c1-8-2-3-9(6-11(8)13)12(16)15-5-4-10(14)7-15;/h2-3,6,10H,4-5,7,14H2,1H3;1H/t10-;/m1./s1. The Morgan fingerprint density at radius 3 is 2.76 bits per heavy atom. The van der Waals surface area contributed by atoms with Crippen molar-refractivity contribution in [3.8, 4) is 0 Å². The number of hydrogen-bond donors (Lipinski definition) is 1. The minimum absolute atomic E-state index is 0. The third-order valence-corrected chi connectivity index (χ3v) is 3.79. The van der Waals surface area contributed by atoms with Crippen LogP contribution in [-0.4, -0.2) is 29.9 Å². The molecule has 0 spiro atoms. The number of carbonyl (C=O) groups excluding carboxylic acids is 1. The normalized spacial score (nSPS) is 19.0. The van der Waals surface area contributed by atoms with E-state index in [0.29, 0.717) is 6.54 Å². The van der Waals surface area contributed by atoms with Gasteiger partial charge in [-0.15, -0.1) is 12.4 Å². The maximum absolute atomic E-state index is 12.1. The summed E-state index contributed by atoms with van der Waals surface area (Å²) < 4.78 is 0.974. The molecular weight excluding hydrogens is 304 g/mol. The molecule has 2 N–H and O–H groups in total. The number of aryl methyl sites for hydroxylation is 1. The van der Waals surface area contributed by atoms with Gasteiger partial charge in [-0.2, -0.15) is 0 Å². The fraction of sp³-hybridized carbons (Fsp3) is 0.417. The SMILES string of the molecule is Cc1ccc(C(=O)N2CC[C@@H](N)C2)cc1Br.Cl. The van der Waals surface area contributed by atoms with Gasteiger partial charge < -0.3 is 10.6 Å². The first-order valence-electron chi connectivity index (χ1n) is 5.39. The predicted octanol–water partition coefficient (Wildman–Crippen LogP) is 2.35. The van der Waals surface area contributed by atoms with Crippen LogP contribution >= 0.6 is 28.3 Å². The molecule has 3 nitrogen and oxygen atoms in total. The summed E-state index contributed by atoms with van der Waals surface area (Å²) in [6.07, 6.45) is 0.902. The van der Waals surface area contributed by atoms with Crippen molar-refractivity contribution < 1.29 is 4.79 Å². The number of halogens is 2. The molecule has 0 radical (unpaired) electrons. The third-order valence-electron chi connectivity index (χ3n) is 2.93. The summed E-state index contributed by atoms with van der Waals surface area (Å²) in [4.78, 5) is 13.9. The number of nitrogens with two attached hydrogens (primary N) is 1. The molecule has 1 heterocycles. The molecule has 0 aliphatic carbocycles. The van der Waals surface area contributed by atoms with Crippen LogP contribution in [0, 0.1) is 6.92 Å². The molecule has 1 fully saturated rings. The molecule has 0 bridgehead atoms. The summed E-state index contributed by atoms with van der Waals surface area (Å²) in [6, 6.07) is 5.83. The lowest BCUT2D eigenvalue weighted by atomic mass is 10.1.